The van der Waals surface area contributed by atoms with Crippen LogP contribution in [0.4, 0.5) is 33.2 Å². The van der Waals surface area contributed by atoms with E-state index in [9.17, 15) is 14.5 Å². The van der Waals surface area contributed by atoms with Gasteiger partial charge in [-0.15, -0.1) is 0 Å². The first-order valence-corrected chi connectivity index (χ1v) is 7.99. The molecule has 8 nitrogen and oxygen atoms in total. The predicted molar refractivity (Wildman–Crippen MR) is 99.7 cm³/mol. The Morgan fingerprint density at radius 3 is 2.63 bits per heavy atom. The van der Waals surface area contributed by atoms with E-state index in [2.05, 4.69) is 20.6 Å². The molecular weight excluding hydrogens is 377 g/mol. The van der Waals surface area contributed by atoms with E-state index in [1.54, 1.807) is 0 Å². The van der Waals surface area contributed by atoms with Crippen molar-refractivity contribution < 1.29 is 14.1 Å². The normalized spacial score (nSPS) is 10.3. The van der Waals surface area contributed by atoms with Gasteiger partial charge in [-0.2, -0.15) is 9.37 Å². The van der Waals surface area contributed by atoms with Crippen LogP contribution in [0.25, 0.3) is 0 Å². The van der Waals surface area contributed by atoms with E-state index in [1.807, 2.05) is 30.3 Å². The van der Waals surface area contributed by atoms with Gasteiger partial charge in [-0.3, -0.25) is 10.1 Å². The summed E-state index contributed by atoms with van der Waals surface area (Å²) in [5.41, 5.74) is 0.201. The summed E-state index contributed by atoms with van der Waals surface area (Å²) in [6.07, 6.45) is 1.37. The molecule has 27 heavy (non-hydrogen) atoms. The van der Waals surface area contributed by atoms with Gasteiger partial charge < -0.3 is 15.4 Å². The molecule has 1 heterocycles. The SMILES string of the molecule is COc1cc(F)c([N+](=O)[O-])cc1Nc1ncc(Cl)c(Nc2ccccc2)n1. The molecule has 2 aromatic carbocycles. The van der Waals surface area contributed by atoms with Crippen molar-refractivity contribution in [2.45, 2.75) is 0 Å². The van der Waals surface area contributed by atoms with E-state index in [0.29, 0.717) is 5.82 Å². The molecule has 0 saturated carbocycles. The lowest BCUT2D eigenvalue weighted by Gasteiger charge is -2.12. The summed E-state index contributed by atoms with van der Waals surface area (Å²) < 4.78 is 18.8. The van der Waals surface area contributed by atoms with Crippen molar-refractivity contribution >= 4 is 40.4 Å². The Labute approximate surface area is 158 Å². The van der Waals surface area contributed by atoms with Gasteiger partial charge in [0.05, 0.1) is 23.9 Å². The number of benzene rings is 2. The van der Waals surface area contributed by atoms with Crippen LogP contribution >= 0.6 is 11.6 Å². The minimum Gasteiger partial charge on any atom is -0.494 e. The van der Waals surface area contributed by atoms with Crippen molar-refractivity contribution in [2.24, 2.45) is 0 Å². The molecule has 0 bridgehead atoms. The Kier molecular flexibility index (Phi) is 5.32. The van der Waals surface area contributed by atoms with Crippen molar-refractivity contribution in [2.75, 3.05) is 17.7 Å². The molecule has 3 aromatic rings. The summed E-state index contributed by atoms with van der Waals surface area (Å²) in [5.74, 6) is -0.520. The number of hydrogen-bond acceptors (Lipinski definition) is 7. The third-order valence-corrected chi connectivity index (χ3v) is 3.77. The highest BCUT2D eigenvalue weighted by Gasteiger charge is 2.20. The number of anilines is 4. The van der Waals surface area contributed by atoms with Gasteiger partial charge in [0, 0.05) is 17.8 Å². The molecule has 138 valence electrons. The number of rotatable bonds is 6. The van der Waals surface area contributed by atoms with E-state index < -0.39 is 16.4 Å². The van der Waals surface area contributed by atoms with Crippen LogP contribution in [-0.2, 0) is 0 Å². The highest BCUT2D eigenvalue weighted by Crippen LogP contribution is 2.34. The Balaban J connectivity index is 1.93. The first-order chi connectivity index (χ1) is 13.0. The zero-order valence-electron chi connectivity index (χ0n) is 13.9. The second-order valence-corrected chi connectivity index (χ2v) is 5.67. The quantitative estimate of drug-likeness (QED) is 0.466. The smallest absolute Gasteiger partial charge is 0.307 e. The Morgan fingerprint density at radius 2 is 1.96 bits per heavy atom. The fraction of sp³-hybridized carbons (Fsp3) is 0.0588. The lowest BCUT2D eigenvalue weighted by Crippen LogP contribution is -2.04. The van der Waals surface area contributed by atoms with Gasteiger partial charge in [0.2, 0.25) is 11.8 Å². The molecule has 0 aliphatic carbocycles. The van der Waals surface area contributed by atoms with Gasteiger partial charge in [0.25, 0.3) is 0 Å². The average Bonchev–Trinajstić information content (AvgIpc) is 2.66. The maximum absolute atomic E-state index is 13.8. The molecule has 0 aliphatic rings. The number of para-hydroxylation sites is 1. The zero-order chi connectivity index (χ0) is 19.4. The van der Waals surface area contributed by atoms with Crippen LogP contribution in [0.3, 0.4) is 0 Å². The number of nitrogens with zero attached hydrogens (tertiary/aromatic N) is 3. The molecule has 0 amide bonds. The van der Waals surface area contributed by atoms with Gasteiger partial charge in [-0.25, -0.2) is 4.98 Å². The van der Waals surface area contributed by atoms with Crippen LogP contribution in [-0.4, -0.2) is 22.0 Å². The third-order valence-electron chi connectivity index (χ3n) is 3.49. The van der Waals surface area contributed by atoms with Gasteiger partial charge in [0.1, 0.15) is 10.8 Å². The average molecular weight is 390 g/mol. The zero-order valence-corrected chi connectivity index (χ0v) is 14.7. The largest absolute Gasteiger partial charge is 0.494 e. The van der Waals surface area contributed by atoms with E-state index >= 15 is 0 Å². The molecule has 3 rings (SSSR count). The molecule has 0 saturated heterocycles. The van der Waals surface area contributed by atoms with Gasteiger partial charge >= 0.3 is 5.69 Å². The Morgan fingerprint density at radius 1 is 1.22 bits per heavy atom. The number of hydrogen-bond donors (Lipinski definition) is 2. The fourth-order valence-corrected chi connectivity index (χ4v) is 2.38. The monoisotopic (exact) mass is 389 g/mol. The highest BCUT2D eigenvalue weighted by atomic mass is 35.5. The molecule has 10 heteroatoms. The van der Waals surface area contributed by atoms with Crippen LogP contribution < -0.4 is 15.4 Å². The summed E-state index contributed by atoms with van der Waals surface area (Å²) in [4.78, 5) is 18.4. The second-order valence-electron chi connectivity index (χ2n) is 5.27. The molecule has 2 N–H and O–H groups in total. The Hall–Kier alpha value is -3.46. The van der Waals surface area contributed by atoms with Crippen LogP contribution in [0, 0.1) is 15.9 Å². The predicted octanol–water partition coefficient (Wildman–Crippen LogP) is 4.67. The summed E-state index contributed by atoms with van der Waals surface area (Å²) >= 11 is 6.12. The van der Waals surface area contributed by atoms with Crippen LogP contribution in [0.1, 0.15) is 0 Å². The number of methoxy groups -OCH3 is 1. The summed E-state index contributed by atoms with van der Waals surface area (Å²) in [7, 11) is 1.32. The number of nitrogens with one attached hydrogen (secondary N) is 2. The fourth-order valence-electron chi connectivity index (χ4n) is 2.24. The maximum Gasteiger partial charge on any atom is 0.307 e. The third kappa shape index (κ3) is 4.21. The van der Waals surface area contributed by atoms with E-state index in [0.717, 1.165) is 17.8 Å². The number of halogens is 2. The minimum atomic E-state index is -1.01. The van der Waals surface area contributed by atoms with Crippen molar-refractivity contribution in [3.63, 3.8) is 0 Å². The topological polar surface area (TPSA) is 102 Å². The number of nitro groups is 1. The van der Waals surface area contributed by atoms with Crippen molar-refractivity contribution in [1.82, 2.24) is 9.97 Å². The van der Waals surface area contributed by atoms with E-state index in [-0.39, 0.29) is 22.4 Å². The van der Waals surface area contributed by atoms with Crippen LogP contribution in [0.2, 0.25) is 5.02 Å². The number of ether oxygens (including phenoxy) is 1. The van der Waals surface area contributed by atoms with Crippen molar-refractivity contribution in [3.05, 3.63) is 69.6 Å². The van der Waals surface area contributed by atoms with Crippen LogP contribution in [0.15, 0.2) is 48.7 Å². The van der Waals surface area contributed by atoms with Crippen molar-refractivity contribution in [1.29, 1.82) is 0 Å². The maximum atomic E-state index is 13.8. The van der Waals surface area contributed by atoms with E-state index in [4.69, 9.17) is 16.3 Å². The molecule has 0 radical (unpaired) electrons. The minimum absolute atomic E-state index is 0.0641. The summed E-state index contributed by atoms with van der Waals surface area (Å²) in [6, 6.07) is 11.2. The second kappa shape index (κ2) is 7.83. The molecule has 0 unspecified atom stereocenters. The standard InChI is InChI=1S/C17H13ClFN5O3/c1-27-15-7-12(19)14(24(25)26)8-13(15)22-17-20-9-11(18)16(23-17)21-10-5-3-2-4-6-10/h2-9H,1H3,(H2,20,21,22,23). The molecule has 0 atom stereocenters. The summed E-state index contributed by atoms with van der Waals surface area (Å²) in [6.45, 7) is 0. The van der Waals surface area contributed by atoms with Gasteiger partial charge in [-0.05, 0) is 12.1 Å². The molecular formula is C17H13ClFN5O3. The van der Waals surface area contributed by atoms with Gasteiger partial charge in [-0.1, -0.05) is 29.8 Å². The molecule has 0 fully saturated rings. The van der Waals surface area contributed by atoms with Crippen LogP contribution in [0.5, 0.6) is 5.75 Å². The van der Waals surface area contributed by atoms with Crippen molar-refractivity contribution in [3.8, 4) is 5.75 Å². The first-order valence-electron chi connectivity index (χ1n) is 7.61. The molecule has 1 aromatic heterocycles. The number of nitro benzene ring substituents is 1. The summed E-state index contributed by atoms with van der Waals surface area (Å²) in [5, 5.41) is 17.1. The molecule has 0 spiro atoms. The van der Waals surface area contributed by atoms with E-state index in [1.165, 1.54) is 13.3 Å². The molecule has 0 aliphatic heterocycles. The lowest BCUT2D eigenvalue weighted by atomic mass is 10.2. The number of aromatic nitrogens is 2. The lowest BCUT2D eigenvalue weighted by molar-refractivity contribution is -0.387. The van der Waals surface area contributed by atoms with Gasteiger partial charge in [0.15, 0.2) is 5.82 Å². The Bertz CT molecular complexity index is 988. The first kappa shape index (κ1) is 18.3. The highest BCUT2D eigenvalue weighted by molar-refractivity contribution is 6.32.